The molecule has 22 heavy (non-hydrogen) atoms. The lowest BCUT2D eigenvalue weighted by Gasteiger charge is -2.07. The fourth-order valence-corrected chi connectivity index (χ4v) is 2.31. The number of benzene rings is 1. The van der Waals surface area contributed by atoms with Crippen molar-refractivity contribution in [1.82, 2.24) is 19.9 Å². The highest BCUT2D eigenvalue weighted by Gasteiger charge is 2.06. The molecule has 0 unspecified atom stereocenters. The van der Waals surface area contributed by atoms with Gasteiger partial charge in [0.15, 0.2) is 0 Å². The Bertz CT molecular complexity index is 824. The summed E-state index contributed by atoms with van der Waals surface area (Å²) in [6.07, 6.45) is 3.38. The minimum atomic E-state index is 0.483. The average molecular weight is 295 g/mol. The molecule has 2 aromatic heterocycles. The Morgan fingerprint density at radius 2 is 2.14 bits per heavy atom. The van der Waals surface area contributed by atoms with E-state index in [-0.39, 0.29) is 0 Å². The molecule has 2 N–H and O–H groups in total. The molecule has 112 valence electrons. The van der Waals surface area contributed by atoms with E-state index in [9.17, 15) is 0 Å². The Hall–Kier alpha value is -2.73. The lowest BCUT2D eigenvalue weighted by atomic mass is 10.2. The molecule has 0 saturated carbocycles. The van der Waals surface area contributed by atoms with Gasteiger partial charge in [-0.3, -0.25) is 5.41 Å². The van der Waals surface area contributed by atoms with Gasteiger partial charge in [0, 0.05) is 24.2 Å². The predicted octanol–water partition coefficient (Wildman–Crippen LogP) is 2.79. The molecule has 0 aliphatic carbocycles. The largest absolute Gasteiger partial charge is 0.439 e. The third kappa shape index (κ3) is 2.82. The predicted molar refractivity (Wildman–Crippen MR) is 85.6 cm³/mol. The van der Waals surface area contributed by atoms with E-state index in [1.165, 1.54) is 6.33 Å². The van der Waals surface area contributed by atoms with Crippen LogP contribution in [0.15, 0.2) is 42.9 Å². The van der Waals surface area contributed by atoms with E-state index in [2.05, 4.69) is 15.3 Å². The number of aromatic nitrogens is 3. The molecule has 0 radical (unpaired) electrons. The lowest BCUT2D eigenvalue weighted by Crippen LogP contribution is -2.07. The van der Waals surface area contributed by atoms with E-state index < -0.39 is 0 Å². The van der Waals surface area contributed by atoms with Crippen molar-refractivity contribution in [3.8, 4) is 11.6 Å². The summed E-state index contributed by atoms with van der Waals surface area (Å²) in [4.78, 5) is 8.29. The first-order valence-corrected chi connectivity index (χ1v) is 6.97. The Morgan fingerprint density at radius 3 is 2.91 bits per heavy atom. The van der Waals surface area contributed by atoms with Crippen molar-refractivity contribution in [2.75, 3.05) is 7.05 Å². The second kappa shape index (κ2) is 5.95. The zero-order valence-corrected chi connectivity index (χ0v) is 12.5. The Kier molecular flexibility index (Phi) is 3.84. The first kappa shape index (κ1) is 14.2. The first-order valence-electron chi connectivity index (χ1n) is 6.97. The third-order valence-corrected chi connectivity index (χ3v) is 3.30. The Balaban J connectivity index is 1.88. The summed E-state index contributed by atoms with van der Waals surface area (Å²) < 4.78 is 7.63. The van der Waals surface area contributed by atoms with Crippen LogP contribution in [0.3, 0.4) is 0 Å². The molecule has 0 amide bonds. The third-order valence-electron chi connectivity index (χ3n) is 3.30. The summed E-state index contributed by atoms with van der Waals surface area (Å²) in [5, 5.41) is 11.8. The van der Waals surface area contributed by atoms with Crippen LogP contribution in [-0.4, -0.2) is 27.4 Å². The molecular weight excluding hydrogens is 278 g/mol. The van der Waals surface area contributed by atoms with Gasteiger partial charge in [0.05, 0.1) is 11.2 Å². The highest BCUT2D eigenvalue weighted by Crippen LogP contribution is 2.25. The quantitative estimate of drug-likeness (QED) is 0.573. The van der Waals surface area contributed by atoms with Gasteiger partial charge in [-0.05, 0) is 38.2 Å². The number of ether oxygens (including phenoxy) is 1. The van der Waals surface area contributed by atoms with E-state index in [0.717, 1.165) is 16.6 Å². The van der Waals surface area contributed by atoms with E-state index in [4.69, 9.17) is 10.1 Å². The van der Waals surface area contributed by atoms with Gasteiger partial charge in [0.2, 0.25) is 5.88 Å². The standard InChI is InChI=1S/C16H17N5O/c1-11(17)21-6-5-12-7-14(3-4-15(12)21)22-16-8-13(9-18-2)19-10-20-16/h3-8,10,17-18H,9H2,1-2H3. The molecule has 3 rings (SSSR count). The lowest BCUT2D eigenvalue weighted by molar-refractivity contribution is 0.460. The zero-order chi connectivity index (χ0) is 15.5. The normalized spacial score (nSPS) is 10.8. The Morgan fingerprint density at radius 1 is 1.27 bits per heavy atom. The monoisotopic (exact) mass is 295 g/mol. The van der Waals surface area contributed by atoms with Crippen LogP contribution >= 0.6 is 0 Å². The van der Waals surface area contributed by atoms with Crippen LogP contribution in [0.2, 0.25) is 0 Å². The SMILES string of the molecule is CNCc1cc(Oc2ccc3c(ccn3C(C)=N)c2)ncn1. The minimum absolute atomic E-state index is 0.483. The molecule has 0 saturated heterocycles. The van der Waals surface area contributed by atoms with E-state index in [1.807, 2.05) is 48.1 Å². The van der Waals surface area contributed by atoms with Crippen molar-refractivity contribution in [3.63, 3.8) is 0 Å². The van der Waals surface area contributed by atoms with Gasteiger partial charge in [-0.15, -0.1) is 0 Å². The highest BCUT2D eigenvalue weighted by atomic mass is 16.5. The molecule has 0 aliphatic heterocycles. The zero-order valence-electron chi connectivity index (χ0n) is 12.5. The van der Waals surface area contributed by atoms with Crippen molar-refractivity contribution >= 4 is 16.7 Å². The summed E-state index contributed by atoms with van der Waals surface area (Å²) >= 11 is 0. The summed E-state index contributed by atoms with van der Waals surface area (Å²) in [6, 6.07) is 9.54. The molecule has 3 aromatic rings. The van der Waals surface area contributed by atoms with Crippen LogP contribution in [0.4, 0.5) is 0 Å². The van der Waals surface area contributed by atoms with Crippen LogP contribution in [-0.2, 0) is 6.54 Å². The minimum Gasteiger partial charge on any atom is -0.439 e. The maximum atomic E-state index is 7.74. The second-order valence-electron chi connectivity index (χ2n) is 4.97. The number of fused-ring (bicyclic) bond motifs is 1. The van der Waals surface area contributed by atoms with Crippen molar-refractivity contribution in [2.45, 2.75) is 13.5 Å². The summed E-state index contributed by atoms with van der Waals surface area (Å²) in [5.74, 6) is 1.71. The van der Waals surface area contributed by atoms with Gasteiger partial charge in [0.25, 0.3) is 0 Å². The molecule has 0 spiro atoms. The van der Waals surface area contributed by atoms with E-state index in [0.29, 0.717) is 24.0 Å². The smallest absolute Gasteiger partial charge is 0.222 e. The molecule has 1 aromatic carbocycles. The summed E-state index contributed by atoms with van der Waals surface area (Å²) in [5.41, 5.74) is 1.86. The molecule has 6 nitrogen and oxygen atoms in total. The second-order valence-corrected chi connectivity index (χ2v) is 4.97. The van der Waals surface area contributed by atoms with E-state index in [1.54, 1.807) is 6.92 Å². The fourth-order valence-electron chi connectivity index (χ4n) is 2.31. The number of nitrogens with zero attached hydrogens (tertiary/aromatic N) is 3. The van der Waals surface area contributed by atoms with Gasteiger partial charge < -0.3 is 14.6 Å². The van der Waals surface area contributed by atoms with E-state index >= 15 is 0 Å². The van der Waals surface area contributed by atoms with Crippen LogP contribution < -0.4 is 10.1 Å². The number of nitrogens with one attached hydrogen (secondary N) is 2. The summed E-state index contributed by atoms with van der Waals surface area (Å²) in [7, 11) is 1.87. The van der Waals surface area contributed by atoms with Gasteiger partial charge in [-0.1, -0.05) is 0 Å². The van der Waals surface area contributed by atoms with Gasteiger partial charge in [0.1, 0.15) is 17.9 Å². The maximum absolute atomic E-state index is 7.74. The molecule has 6 heteroatoms. The maximum Gasteiger partial charge on any atom is 0.222 e. The van der Waals surface area contributed by atoms with Crippen molar-refractivity contribution in [2.24, 2.45) is 0 Å². The van der Waals surface area contributed by atoms with Crippen LogP contribution in [0, 0.1) is 5.41 Å². The number of hydrogen-bond acceptors (Lipinski definition) is 5. The van der Waals surface area contributed by atoms with Gasteiger partial charge in [-0.2, -0.15) is 0 Å². The number of hydrogen-bond donors (Lipinski definition) is 2. The molecule has 0 fully saturated rings. The van der Waals surface area contributed by atoms with Crippen LogP contribution in [0.5, 0.6) is 11.6 Å². The van der Waals surface area contributed by atoms with Crippen LogP contribution in [0.1, 0.15) is 12.6 Å². The van der Waals surface area contributed by atoms with Gasteiger partial charge in [-0.25, -0.2) is 9.97 Å². The first-order chi connectivity index (χ1) is 10.7. The molecule has 0 atom stereocenters. The molecule has 0 bridgehead atoms. The van der Waals surface area contributed by atoms with Crippen molar-refractivity contribution < 1.29 is 4.74 Å². The number of rotatable bonds is 4. The van der Waals surface area contributed by atoms with Gasteiger partial charge >= 0.3 is 0 Å². The topological polar surface area (TPSA) is 75.8 Å². The summed E-state index contributed by atoms with van der Waals surface area (Å²) in [6.45, 7) is 2.42. The average Bonchev–Trinajstić information content (AvgIpc) is 2.91. The Labute approximate surface area is 128 Å². The molecular formula is C16H17N5O. The van der Waals surface area contributed by atoms with Crippen molar-refractivity contribution in [1.29, 1.82) is 5.41 Å². The van der Waals surface area contributed by atoms with Crippen molar-refractivity contribution in [3.05, 3.63) is 48.5 Å². The van der Waals surface area contributed by atoms with Crippen LogP contribution in [0.25, 0.3) is 10.9 Å². The highest BCUT2D eigenvalue weighted by molar-refractivity contribution is 5.93. The molecule has 2 heterocycles. The molecule has 0 aliphatic rings. The fraction of sp³-hybridized carbons (Fsp3) is 0.188.